The Morgan fingerprint density at radius 2 is 1.89 bits per heavy atom. The largest absolute Gasteiger partial charge is 0.315 e. The molecule has 2 nitrogen and oxygen atoms in total. The quantitative estimate of drug-likeness (QED) is 0.723. The van der Waals surface area contributed by atoms with Crippen molar-refractivity contribution >= 4 is 0 Å². The first-order chi connectivity index (χ1) is 8.77. The van der Waals surface area contributed by atoms with Crippen molar-refractivity contribution in [2.75, 3.05) is 26.7 Å². The van der Waals surface area contributed by atoms with Crippen LogP contribution in [-0.4, -0.2) is 37.6 Å². The fourth-order valence-corrected chi connectivity index (χ4v) is 2.26. The summed E-state index contributed by atoms with van der Waals surface area (Å²) in [5.74, 6) is 0. The van der Waals surface area contributed by atoms with Gasteiger partial charge < -0.3 is 10.2 Å². The van der Waals surface area contributed by atoms with E-state index in [2.05, 4.69) is 61.4 Å². The second-order valence-corrected chi connectivity index (χ2v) is 4.97. The zero-order valence-electron chi connectivity index (χ0n) is 12.2. The minimum absolute atomic E-state index is 0.665. The third-order valence-corrected chi connectivity index (χ3v) is 3.47. The zero-order chi connectivity index (χ0) is 13.2. The Bertz CT molecular complexity index is 297. The molecule has 0 aliphatic heterocycles. The van der Waals surface area contributed by atoms with E-state index >= 15 is 0 Å². The standard InChI is InChI=1S/C16H28N2/c1-4-9-16(14-17-5-2)18(3)13-12-15-10-7-6-8-11-15/h6-8,10-11,16-17H,4-5,9,12-14H2,1-3H3. The Balaban J connectivity index is 2.38. The third-order valence-electron chi connectivity index (χ3n) is 3.47. The highest BCUT2D eigenvalue weighted by Crippen LogP contribution is 2.07. The summed E-state index contributed by atoms with van der Waals surface area (Å²) >= 11 is 0. The van der Waals surface area contributed by atoms with Gasteiger partial charge in [0.05, 0.1) is 0 Å². The fraction of sp³-hybridized carbons (Fsp3) is 0.625. The van der Waals surface area contributed by atoms with Crippen molar-refractivity contribution in [1.82, 2.24) is 10.2 Å². The van der Waals surface area contributed by atoms with Crippen LogP contribution in [0.15, 0.2) is 30.3 Å². The lowest BCUT2D eigenvalue weighted by Crippen LogP contribution is -2.41. The minimum Gasteiger partial charge on any atom is -0.315 e. The van der Waals surface area contributed by atoms with Crippen LogP contribution in [0.25, 0.3) is 0 Å². The molecule has 0 spiro atoms. The molecule has 0 heterocycles. The Morgan fingerprint density at radius 1 is 1.17 bits per heavy atom. The van der Waals surface area contributed by atoms with Gasteiger partial charge in [0.25, 0.3) is 0 Å². The summed E-state index contributed by atoms with van der Waals surface area (Å²) in [5, 5.41) is 3.47. The third kappa shape index (κ3) is 5.65. The average Bonchev–Trinajstić information content (AvgIpc) is 2.42. The molecule has 0 radical (unpaired) electrons. The molecule has 1 atom stereocenters. The molecule has 0 aromatic heterocycles. The van der Waals surface area contributed by atoms with Gasteiger partial charge in [-0.25, -0.2) is 0 Å². The van der Waals surface area contributed by atoms with E-state index in [0.717, 1.165) is 26.1 Å². The number of nitrogens with one attached hydrogen (secondary N) is 1. The molecular weight excluding hydrogens is 220 g/mol. The highest BCUT2D eigenvalue weighted by molar-refractivity contribution is 5.14. The van der Waals surface area contributed by atoms with E-state index in [1.165, 1.54) is 18.4 Å². The summed E-state index contributed by atoms with van der Waals surface area (Å²) in [6.45, 7) is 7.75. The average molecular weight is 248 g/mol. The molecule has 0 fully saturated rings. The van der Waals surface area contributed by atoms with Gasteiger partial charge in [-0.05, 0) is 32.0 Å². The van der Waals surface area contributed by atoms with E-state index in [9.17, 15) is 0 Å². The highest BCUT2D eigenvalue weighted by Gasteiger charge is 2.12. The highest BCUT2D eigenvalue weighted by atomic mass is 15.1. The first-order valence-electron chi connectivity index (χ1n) is 7.22. The Morgan fingerprint density at radius 3 is 2.50 bits per heavy atom. The van der Waals surface area contributed by atoms with E-state index in [4.69, 9.17) is 0 Å². The predicted octanol–water partition coefficient (Wildman–Crippen LogP) is 2.94. The lowest BCUT2D eigenvalue weighted by atomic mass is 10.1. The van der Waals surface area contributed by atoms with Crippen molar-refractivity contribution in [3.05, 3.63) is 35.9 Å². The van der Waals surface area contributed by atoms with Crippen molar-refractivity contribution < 1.29 is 0 Å². The van der Waals surface area contributed by atoms with Gasteiger partial charge in [-0.2, -0.15) is 0 Å². The van der Waals surface area contributed by atoms with Gasteiger partial charge in [0.1, 0.15) is 0 Å². The molecule has 1 unspecified atom stereocenters. The summed E-state index contributed by atoms with van der Waals surface area (Å²) in [7, 11) is 2.25. The summed E-state index contributed by atoms with van der Waals surface area (Å²) in [5.41, 5.74) is 1.43. The maximum atomic E-state index is 3.47. The molecule has 18 heavy (non-hydrogen) atoms. The van der Waals surface area contributed by atoms with E-state index in [1.54, 1.807) is 0 Å². The number of benzene rings is 1. The van der Waals surface area contributed by atoms with Crippen LogP contribution in [0.1, 0.15) is 32.3 Å². The molecule has 0 amide bonds. The molecule has 1 aromatic rings. The van der Waals surface area contributed by atoms with Crippen molar-refractivity contribution in [2.24, 2.45) is 0 Å². The topological polar surface area (TPSA) is 15.3 Å². The van der Waals surface area contributed by atoms with Gasteiger partial charge in [0.15, 0.2) is 0 Å². The fourth-order valence-electron chi connectivity index (χ4n) is 2.26. The lowest BCUT2D eigenvalue weighted by Gasteiger charge is -2.28. The van der Waals surface area contributed by atoms with E-state index in [1.807, 2.05) is 0 Å². The van der Waals surface area contributed by atoms with Gasteiger partial charge in [-0.3, -0.25) is 0 Å². The summed E-state index contributed by atoms with van der Waals surface area (Å²) in [6, 6.07) is 11.4. The van der Waals surface area contributed by atoms with E-state index in [0.29, 0.717) is 6.04 Å². The van der Waals surface area contributed by atoms with E-state index in [-0.39, 0.29) is 0 Å². The van der Waals surface area contributed by atoms with Crippen LogP contribution in [-0.2, 0) is 6.42 Å². The van der Waals surface area contributed by atoms with Crippen LogP contribution in [0.4, 0.5) is 0 Å². The van der Waals surface area contributed by atoms with Crippen LogP contribution in [0.2, 0.25) is 0 Å². The minimum atomic E-state index is 0.665. The van der Waals surface area contributed by atoms with Gasteiger partial charge in [0, 0.05) is 19.1 Å². The number of rotatable bonds is 9. The Labute approximate surface area is 112 Å². The number of hydrogen-bond donors (Lipinski definition) is 1. The zero-order valence-corrected chi connectivity index (χ0v) is 12.2. The Kier molecular flexibility index (Phi) is 7.70. The number of nitrogens with zero attached hydrogens (tertiary/aromatic N) is 1. The van der Waals surface area contributed by atoms with Gasteiger partial charge in [-0.1, -0.05) is 50.6 Å². The molecule has 102 valence electrons. The molecule has 1 N–H and O–H groups in total. The second kappa shape index (κ2) is 9.12. The summed E-state index contributed by atoms with van der Waals surface area (Å²) in [6.07, 6.45) is 3.67. The van der Waals surface area contributed by atoms with Gasteiger partial charge in [-0.15, -0.1) is 0 Å². The van der Waals surface area contributed by atoms with Crippen LogP contribution in [0.5, 0.6) is 0 Å². The van der Waals surface area contributed by atoms with Crippen molar-refractivity contribution in [3.63, 3.8) is 0 Å². The monoisotopic (exact) mass is 248 g/mol. The molecule has 0 bridgehead atoms. The molecule has 0 saturated carbocycles. The van der Waals surface area contributed by atoms with Crippen molar-refractivity contribution in [1.29, 1.82) is 0 Å². The SMILES string of the molecule is CCCC(CNCC)N(C)CCc1ccccc1. The van der Waals surface area contributed by atoms with Crippen LogP contribution >= 0.6 is 0 Å². The van der Waals surface area contributed by atoms with Crippen molar-refractivity contribution in [2.45, 2.75) is 39.2 Å². The molecule has 1 rings (SSSR count). The van der Waals surface area contributed by atoms with Gasteiger partial charge in [0.2, 0.25) is 0 Å². The molecule has 0 aliphatic carbocycles. The molecule has 0 aliphatic rings. The molecule has 1 aromatic carbocycles. The van der Waals surface area contributed by atoms with Crippen molar-refractivity contribution in [3.8, 4) is 0 Å². The number of likely N-dealkylation sites (N-methyl/N-ethyl adjacent to an activating group) is 2. The summed E-state index contributed by atoms with van der Waals surface area (Å²) < 4.78 is 0. The first-order valence-corrected chi connectivity index (χ1v) is 7.22. The van der Waals surface area contributed by atoms with Gasteiger partial charge >= 0.3 is 0 Å². The maximum Gasteiger partial charge on any atom is 0.0217 e. The van der Waals surface area contributed by atoms with E-state index < -0.39 is 0 Å². The second-order valence-electron chi connectivity index (χ2n) is 4.97. The predicted molar refractivity (Wildman–Crippen MR) is 80.0 cm³/mol. The molecular formula is C16H28N2. The normalized spacial score (nSPS) is 12.9. The van der Waals surface area contributed by atoms with Crippen LogP contribution in [0, 0.1) is 0 Å². The maximum absolute atomic E-state index is 3.47. The van der Waals surface area contributed by atoms with Crippen LogP contribution in [0.3, 0.4) is 0 Å². The Hall–Kier alpha value is -0.860. The first kappa shape index (κ1) is 15.2. The summed E-state index contributed by atoms with van der Waals surface area (Å²) in [4.78, 5) is 2.50. The van der Waals surface area contributed by atoms with Crippen LogP contribution < -0.4 is 5.32 Å². The smallest absolute Gasteiger partial charge is 0.0217 e. The number of hydrogen-bond acceptors (Lipinski definition) is 2. The molecule has 2 heteroatoms. The molecule has 0 saturated heterocycles. The lowest BCUT2D eigenvalue weighted by molar-refractivity contribution is 0.226.